The fraction of sp³-hybridized carbons (Fsp3) is 0.600. The maximum absolute atomic E-state index is 13.3. The fourth-order valence-corrected chi connectivity index (χ4v) is 3.30. The number of hydrogen-bond acceptors (Lipinski definition) is 3. The molecule has 1 spiro atoms. The molecule has 0 bridgehead atoms. The zero-order valence-electron chi connectivity index (χ0n) is 11.3. The number of benzene rings is 1. The Morgan fingerprint density at radius 1 is 1.37 bits per heavy atom. The summed E-state index contributed by atoms with van der Waals surface area (Å²) in [6.07, 6.45) is 1.37. The van der Waals surface area contributed by atoms with Crippen LogP contribution in [0.25, 0.3) is 0 Å². The maximum Gasteiger partial charge on any atom is 0.128 e. The summed E-state index contributed by atoms with van der Waals surface area (Å²) < 4.78 is 25.1. The Bertz CT molecular complexity index is 500. The molecule has 2 atom stereocenters. The van der Waals surface area contributed by atoms with Gasteiger partial charge >= 0.3 is 0 Å². The van der Waals surface area contributed by atoms with Gasteiger partial charge in [0.15, 0.2) is 0 Å². The highest BCUT2D eigenvalue weighted by molar-refractivity contribution is 5.38. The lowest BCUT2D eigenvalue weighted by Gasteiger charge is -2.48. The summed E-state index contributed by atoms with van der Waals surface area (Å²) in [6, 6.07) is 4.33. The first-order chi connectivity index (χ1) is 8.89. The highest BCUT2D eigenvalue weighted by Gasteiger charge is 2.47. The number of ether oxygens (including phenoxy) is 2. The zero-order valence-corrected chi connectivity index (χ0v) is 11.3. The SMILES string of the molecule is CC1(C)CC2(CCO1)CC(O)c1ccc(F)cc1O2. The Balaban J connectivity index is 1.95. The molecule has 3 nitrogen and oxygen atoms in total. The Morgan fingerprint density at radius 3 is 2.89 bits per heavy atom. The van der Waals surface area contributed by atoms with Crippen LogP contribution in [0.15, 0.2) is 18.2 Å². The minimum absolute atomic E-state index is 0.275. The largest absolute Gasteiger partial charge is 0.486 e. The van der Waals surface area contributed by atoms with Crippen molar-refractivity contribution in [2.45, 2.75) is 50.4 Å². The van der Waals surface area contributed by atoms with Crippen LogP contribution in [0.5, 0.6) is 5.75 Å². The van der Waals surface area contributed by atoms with Crippen molar-refractivity contribution in [1.82, 2.24) is 0 Å². The third kappa shape index (κ3) is 2.35. The highest BCUT2D eigenvalue weighted by Crippen LogP contribution is 2.47. The molecule has 0 saturated carbocycles. The fourth-order valence-electron chi connectivity index (χ4n) is 3.30. The van der Waals surface area contributed by atoms with Gasteiger partial charge in [-0.25, -0.2) is 4.39 Å². The van der Waals surface area contributed by atoms with Crippen molar-refractivity contribution < 1.29 is 19.0 Å². The van der Waals surface area contributed by atoms with Crippen LogP contribution in [-0.4, -0.2) is 22.9 Å². The summed E-state index contributed by atoms with van der Waals surface area (Å²) in [5, 5.41) is 10.3. The van der Waals surface area contributed by atoms with Gasteiger partial charge in [0.2, 0.25) is 0 Å². The van der Waals surface area contributed by atoms with E-state index in [1.54, 1.807) is 6.07 Å². The van der Waals surface area contributed by atoms with Crippen molar-refractivity contribution in [3.8, 4) is 5.75 Å². The molecule has 19 heavy (non-hydrogen) atoms. The monoisotopic (exact) mass is 266 g/mol. The van der Waals surface area contributed by atoms with Crippen molar-refractivity contribution in [2.24, 2.45) is 0 Å². The Kier molecular flexibility index (Phi) is 2.84. The summed E-state index contributed by atoms with van der Waals surface area (Å²) in [5.74, 6) is 0.130. The van der Waals surface area contributed by atoms with Gasteiger partial charge in [0.05, 0.1) is 18.3 Å². The van der Waals surface area contributed by atoms with Gasteiger partial charge in [0, 0.05) is 30.9 Å². The quantitative estimate of drug-likeness (QED) is 0.784. The minimum atomic E-state index is -0.599. The van der Waals surface area contributed by atoms with Gasteiger partial charge in [0.25, 0.3) is 0 Å². The van der Waals surface area contributed by atoms with Gasteiger partial charge in [-0.15, -0.1) is 0 Å². The molecule has 0 aliphatic carbocycles. The molecule has 4 heteroatoms. The molecule has 2 aliphatic rings. The predicted octanol–water partition coefficient (Wildman–Crippen LogP) is 2.97. The van der Waals surface area contributed by atoms with Gasteiger partial charge < -0.3 is 14.6 Å². The summed E-state index contributed by atoms with van der Waals surface area (Å²) >= 11 is 0. The van der Waals surface area contributed by atoms with Crippen LogP contribution in [0, 0.1) is 5.82 Å². The standard InChI is InChI=1S/C15H19FO3/c1-14(2)9-15(5-6-18-14)8-12(17)11-4-3-10(16)7-13(11)19-15/h3-4,7,12,17H,5-6,8-9H2,1-2H3. The predicted molar refractivity (Wildman–Crippen MR) is 68.6 cm³/mol. The molecule has 1 aromatic rings. The molecular weight excluding hydrogens is 247 g/mol. The minimum Gasteiger partial charge on any atom is -0.486 e. The van der Waals surface area contributed by atoms with Crippen molar-refractivity contribution in [3.63, 3.8) is 0 Å². The molecular formula is C15H19FO3. The number of hydrogen-bond donors (Lipinski definition) is 1. The molecule has 0 amide bonds. The average molecular weight is 266 g/mol. The van der Waals surface area contributed by atoms with Crippen LogP contribution in [0.1, 0.15) is 44.8 Å². The molecule has 1 aromatic carbocycles. The molecule has 0 aromatic heterocycles. The molecule has 2 unspecified atom stereocenters. The van der Waals surface area contributed by atoms with Gasteiger partial charge in [-0.3, -0.25) is 0 Å². The van der Waals surface area contributed by atoms with Crippen LogP contribution in [0.2, 0.25) is 0 Å². The highest BCUT2D eigenvalue weighted by atomic mass is 19.1. The van der Waals surface area contributed by atoms with Gasteiger partial charge in [-0.1, -0.05) is 0 Å². The number of aliphatic hydroxyl groups excluding tert-OH is 1. The van der Waals surface area contributed by atoms with Gasteiger partial charge in [0.1, 0.15) is 17.2 Å². The van der Waals surface area contributed by atoms with Crippen molar-refractivity contribution in [3.05, 3.63) is 29.6 Å². The second-order valence-electron chi connectivity index (χ2n) is 6.22. The lowest BCUT2D eigenvalue weighted by atomic mass is 9.77. The second kappa shape index (κ2) is 4.18. The van der Waals surface area contributed by atoms with E-state index >= 15 is 0 Å². The van der Waals surface area contributed by atoms with E-state index in [1.165, 1.54) is 12.1 Å². The maximum atomic E-state index is 13.3. The van der Waals surface area contributed by atoms with Crippen molar-refractivity contribution in [2.75, 3.05) is 6.61 Å². The van der Waals surface area contributed by atoms with E-state index in [2.05, 4.69) is 0 Å². The molecule has 2 aliphatic heterocycles. The normalized spacial score (nSPS) is 32.7. The molecule has 0 radical (unpaired) electrons. The van der Waals surface area contributed by atoms with E-state index in [0.717, 1.165) is 6.42 Å². The van der Waals surface area contributed by atoms with Crippen LogP contribution >= 0.6 is 0 Å². The van der Waals surface area contributed by atoms with Crippen LogP contribution in [0.3, 0.4) is 0 Å². The topological polar surface area (TPSA) is 38.7 Å². The number of rotatable bonds is 0. The Morgan fingerprint density at radius 2 is 2.16 bits per heavy atom. The molecule has 1 saturated heterocycles. The van der Waals surface area contributed by atoms with Gasteiger partial charge in [-0.05, 0) is 26.0 Å². The molecule has 1 N–H and O–H groups in total. The number of fused-ring (bicyclic) bond motifs is 1. The van der Waals surface area contributed by atoms with Crippen molar-refractivity contribution in [1.29, 1.82) is 0 Å². The first-order valence-electron chi connectivity index (χ1n) is 6.70. The van der Waals surface area contributed by atoms with E-state index in [0.29, 0.717) is 30.8 Å². The Labute approximate surface area is 112 Å². The third-order valence-corrected chi connectivity index (χ3v) is 4.02. The summed E-state index contributed by atoms with van der Waals surface area (Å²) in [5.41, 5.74) is -0.0404. The summed E-state index contributed by atoms with van der Waals surface area (Å²) in [6.45, 7) is 4.64. The Hall–Kier alpha value is -1.13. The lowest BCUT2D eigenvalue weighted by molar-refractivity contribution is -0.151. The van der Waals surface area contributed by atoms with E-state index < -0.39 is 11.7 Å². The summed E-state index contributed by atoms with van der Waals surface area (Å²) in [4.78, 5) is 0. The first kappa shape index (κ1) is 12.9. The molecule has 2 heterocycles. The molecule has 104 valence electrons. The number of aliphatic hydroxyl groups is 1. The van der Waals surface area contributed by atoms with Crippen LogP contribution in [-0.2, 0) is 4.74 Å². The van der Waals surface area contributed by atoms with Gasteiger partial charge in [-0.2, -0.15) is 0 Å². The van der Waals surface area contributed by atoms with E-state index in [9.17, 15) is 9.50 Å². The smallest absolute Gasteiger partial charge is 0.128 e. The third-order valence-electron chi connectivity index (χ3n) is 4.02. The summed E-state index contributed by atoms with van der Waals surface area (Å²) in [7, 11) is 0. The second-order valence-corrected chi connectivity index (χ2v) is 6.22. The van der Waals surface area contributed by atoms with E-state index in [1.807, 2.05) is 13.8 Å². The molecule has 3 rings (SSSR count). The van der Waals surface area contributed by atoms with Crippen LogP contribution in [0.4, 0.5) is 4.39 Å². The zero-order chi connectivity index (χ0) is 13.7. The molecule has 1 fully saturated rings. The van der Waals surface area contributed by atoms with Crippen LogP contribution < -0.4 is 4.74 Å². The van der Waals surface area contributed by atoms with E-state index in [-0.39, 0.29) is 11.4 Å². The average Bonchev–Trinajstić information content (AvgIpc) is 2.25. The number of halogens is 1. The first-order valence-corrected chi connectivity index (χ1v) is 6.70. The van der Waals surface area contributed by atoms with E-state index in [4.69, 9.17) is 9.47 Å². The lowest BCUT2D eigenvalue weighted by Crippen LogP contribution is -2.51. The van der Waals surface area contributed by atoms with Crippen molar-refractivity contribution >= 4 is 0 Å².